The van der Waals surface area contributed by atoms with Gasteiger partial charge in [0.25, 0.3) is 11.8 Å². The number of pyridine rings is 1. The van der Waals surface area contributed by atoms with Crippen LogP contribution in [-0.4, -0.2) is 64.1 Å². The smallest absolute Gasteiger partial charge is 0.280 e. The van der Waals surface area contributed by atoms with E-state index in [9.17, 15) is 19.2 Å². The highest BCUT2D eigenvalue weighted by Crippen LogP contribution is 2.20. The van der Waals surface area contributed by atoms with Crippen LogP contribution in [-0.2, 0) is 9.59 Å². The van der Waals surface area contributed by atoms with Crippen molar-refractivity contribution in [3.63, 3.8) is 0 Å². The van der Waals surface area contributed by atoms with Gasteiger partial charge in [0.05, 0.1) is 17.1 Å². The highest BCUT2D eigenvalue weighted by Gasteiger charge is 2.36. The molecule has 0 unspecified atom stereocenters. The number of carbonyl (C=O) groups is 4. The normalized spacial score (nSPS) is 16.2. The number of hydrogen-bond acceptors (Lipinski definition) is 6. The summed E-state index contributed by atoms with van der Waals surface area (Å²) in [6, 6.07) is 3.46. The maximum absolute atomic E-state index is 12.2. The van der Waals surface area contributed by atoms with Crippen molar-refractivity contribution < 1.29 is 19.2 Å². The van der Waals surface area contributed by atoms with Gasteiger partial charge in [0, 0.05) is 25.3 Å². The number of rotatable bonds is 8. The SMILES string of the molecule is O=C(CSCC(=O)NC1CCC1)NCCN1C(=O)c2cccnc2C1=O. The van der Waals surface area contributed by atoms with Gasteiger partial charge in [-0.05, 0) is 31.4 Å². The first kappa shape index (κ1) is 18.4. The molecule has 0 saturated heterocycles. The van der Waals surface area contributed by atoms with Crippen LogP contribution in [0.4, 0.5) is 0 Å². The van der Waals surface area contributed by atoms with Crippen LogP contribution in [0, 0.1) is 0 Å². The molecule has 0 bridgehead atoms. The third kappa shape index (κ3) is 4.21. The van der Waals surface area contributed by atoms with Crippen LogP contribution >= 0.6 is 11.8 Å². The van der Waals surface area contributed by atoms with E-state index in [1.807, 2.05) is 0 Å². The minimum Gasteiger partial charge on any atom is -0.354 e. The number of carbonyl (C=O) groups excluding carboxylic acids is 4. The van der Waals surface area contributed by atoms with E-state index in [1.54, 1.807) is 12.1 Å². The molecule has 0 aromatic carbocycles. The Morgan fingerprint density at radius 1 is 1.19 bits per heavy atom. The molecule has 1 aromatic heterocycles. The number of thioether (sulfide) groups is 1. The maximum atomic E-state index is 12.2. The first-order valence-electron chi connectivity index (χ1n) is 8.51. The number of imide groups is 1. The predicted molar refractivity (Wildman–Crippen MR) is 95.7 cm³/mol. The first-order valence-corrected chi connectivity index (χ1v) is 9.66. The van der Waals surface area contributed by atoms with E-state index in [1.165, 1.54) is 18.0 Å². The largest absolute Gasteiger partial charge is 0.354 e. The van der Waals surface area contributed by atoms with Crippen molar-refractivity contribution in [1.82, 2.24) is 20.5 Å². The molecule has 4 amide bonds. The molecule has 2 heterocycles. The molecule has 1 aliphatic heterocycles. The summed E-state index contributed by atoms with van der Waals surface area (Å²) in [6.45, 7) is 0.256. The molecule has 1 fully saturated rings. The van der Waals surface area contributed by atoms with Gasteiger partial charge in [-0.3, -0.25) is 29.1 Å². The van der Waals surface area contributed by atoms with Crippen LogP contribution in [0.2, 0.25) is 0 Å². The van der Waals surface area contributed by atoms with E-state index in [0.29, 0.717) is 6.04 Å². The van der Waals surface area contributed by atoms with Gasteiger partial charge in [0.1, 0.15) is 5.69 Å². The molecule has 8 nitrogen and oxygen atoms in total. The van der Waals surface area contributed by atoms with E-state index in [-0.39, 0.29) is 47.7 Å². The molecular formula is C17H20N4O4S. The van der Waals surface area contributed by atoms with Gasteiger partial charge in [0.2, 0.25) is 11.8 Å². The van der Waals surface area contributed by atoms with Gasteiger partial charge >= 0.3 is 0 Å². The fourth-order valence-corrected chi connectivity index (χ4v) is 3.39. The lowest BCUT2D eigenvalue weighted by Gasteiger charge is -2.26. The average Bonchev–Trinajstić information content (AvgIpc) is 2.83. The van der Waals surface area contributed by atoms with Crippen molar-refractivity contribution in [2.45, 2.75) is 25.3 Å². The summed E-state index contributed by atoms with van der Waals surface area (Å²) < 4.78 is 0. The molecule has 9 heteroatoms. The van der Waals surface area contributed by atoms with Crippen molar-refractivity contribution in [2.24, 2.45) is 0 Å². The van der Waals surface area contributed by atoms with Crippen molar-refractivity contribution >= 4 is 35.4 Å². The van der Waals surface area contributed by atoms with Crippen molar-refractivity contribution in [1.29, 1.82) is 0 Å². The van der Waals surface area contributed by atoms with Crippen LogP contribution in [0.3, 0.4) is 0 Å². The van der Waals surface area contributed by atoms with Crippen LogP contribution in [0.1, 0.15) is 40.1 Å². The van der Waals surface area contributed by atoms with Gasteiger partial charge in [-0.2, -0.15) is 0 Å². The minimum absolute atomic E-state index is 0.0500. The standard InChI is InChI=1S/C17H20N4O4S/c22-13(9-26-10-14(23)20-11-3-1-4-11)18-7-8-21-16(24)12-5-2-6-19-15(12)17(21)25/h2,5-6,11H,1,3-4,7-10H2,(H,18,22)(H,20,23). The Bertz CT molecular complexity index is 700. The molecule has 1 aliphatic carbocycles. The summed E-state index contributed by atoms with van der Waals surface area (Å²) in [5, 5.41) is 5.57. The predicted octanol–water partition coefficient (Wildman–Crippen LogP) is 0.196. The monoisotopic (exact) mass is 376 g/mol. The summed E-state index contributed by atoms with van der Waals surface area (Å²) in [7, 11) is 0. The summed E-state index contributed by atoms with van der Waals surface area (Å²) in [4.78, 5) is 52.7. The number of hydrogen-bond donors (Lipinski definition) is 2. The second-order valence-electron chi connectivity index (χ2n) is 6.20. The van der Waals surface area contributed by atoms with Crippen molar-refractivity contribution in [2.75, 3.05) is 24.6 Å². The Kier molecular flexibility index (Phi) is 5.87. The van der Waals surface area contributed by atoms with Gasteiger partial charge in [-0.25, -0.2) is 0 Å². The molecular weight excluding hydrogens is 356 g/mol. The minimum atomic E-state index is -0.443. The number of nitrogens with one attached hydrogen (secondary N) is 2. The van der Waals surface area contributed by atoms with E-state index >= 15 is 0 Å². The Morgan fingerprint density at radius 3 is 2.65 bits per heavy atom. The Labute approximate surface area is 155 Å². The Hall–Kier alpha value is -2.42. The second kappa shape index (κ2) is 8.31. The molecule has 3 rings (SSSR count). The zero-order valence-electron chi connectivity index (χ0n) is 14.2. The van der Waals surface area contributed by atoms with Gasteiger partial charge in [-0.1, -0.05) is 0 Å². The quantitative estimate of drug-likeness (QED) is 0.627. The molecule has 1 aromatic rings. The topological polar surface area (TPSA) is 108 Å². The van der Waals surface area contributed by atoms with Crippen LogP contribution in [0.5, 0.6) is 0 Å². The highest BCUT2D eigenvalue weighted by molar-refractivity contribution is 8.00. The third-order valence-corrected chi connectivity index (χ3v) is 5.26. The number of aromatic nitrogens is 1. The van der Waals surface area contributed by atoms with E-state index in [0.717, 1.165) is 24.2 Å². The van der Waals surface area contributed by atoms with Crippen LogP contribution in [0.15, 0.2) is 18.3 Å². The molecule has 26 heavy (non-hydrogen) atoms. The molecule has 0 atom stereocenters. The summed E-state index contributed by atoms with van der Waals surface area (Å²) >= 11 is 1.24. The van der Waals surface area contributed by atoms with E-state index in [2.05, 4.69) is 15.6 Å². The van der Waals surface area contributed by atoms with E-state index in [4.69, 9.17) is 0 Å². The van der Waals surface area contributed by atoms with E-state index < -0.39 is 11.8 Å². The number of fused-ring (bicyclic) bond motifs is 1. The molecule has 2 aliphatic rings. The van der Waals surface area contributed by atoms with Crippen LogP contribution in [0.25, 0.3) is 0 Å². The molecule has 138 valence electrons. The molecule has 2 N–H and O–H groups in total. The van der Waals surface area contributed by atoms with Gasteiger partial charge in [0.15, 0.2) is 0 Å². The van der Waals surface area contributed by atoms with Crippen molar-refractivity contribution in [3.05, 3.63) is 29.6 Å². The number of nitrogens with zero attached hydrogens (tertiary/aromatic N) is 2. The Balaban J connectivity index is 1.33. The zero-order chi connectivity index (χ0) is 18.5. The molecule has 0 radical (unpaired) electrons. The highest BCUT2D eigenvalue weighted by atomic mass is 32.2. The lowest BCUT2D eigenvalue weighted by atomic mass is 9.93. The zero-order valence-corrected chi connectivity index (χ0v) is 15.0. The van der Waals surface area contributed by atoms with Crippen LogP contribution < -0.4 is 10.6 Å². The summed E-state index contributed by atoms with van der Waals surface area (Å²) in [5.74, 6) is -0.723. The number of amides is 4. The van der Waals surface area contributed by atoms with Gasteiger partial charge < -0.3 is 10.6 Å². The first-order chi connectivity index (χ1) is 12.6. The lowest BCUT2D eigenvalue weighted by molar-refractivity contribution is -0.119. The Morgan fingerprint density at radius 2 is 1.96 bits per heavy atom. The average molecular weight is 376 g/mol. The van der Waals surface area contributed by atoms with Gasteiger partial charge in [-0.15, -0.1) is 11.8 Å². The third-order valence-electron chi connectivity index (χ3n) is 4.33. The fraction of sp³-hybridized carbons (Fsp3) is 0.471. The second-order valence-corrected chi connectivity index (χ2v) is 7.19. The lowest BCUT2D eigenvalue weighted by Crippen LogP contribution is -2.41. The molecule has 0 spiro atoms. The van der Waals surface area contributed by atoms with Crippen molar-refractivity contribution in [3.8, 4) is 0 Å². The summed E-state index contributed by atoms with van der Waals surface area (Å²) in [6.07, 6.45) is 4.69. The maximum Gasteiger partial charge on any atom is 0.280 e. The fourth-order valence-electron chi connectivity index (χ4n) is 2.73. The molecule has 1 saturated carbocycles. The summed E-state index contributed by atoms with van der Waals surface area (Å²) in [5.41, 5.74) is 0.439.